The van der Waals surface area contributed by atoms with Gasteiger partial charge in [0.1, 0.15) is 16.8 Å². The van der Waals surface area contributed by atoms with E-state index < -0.39 is 27.4 Å². The fourth-order valence-electron chi connectivity index (χ4n) is 2.17. The van der Waals surface area contributed by atoms with Crippen LogP contribution in [0.4, 0.5) is 10.5 Å². The summed E-state index contributed by atoms with van der Waals surface area (Å²) in [7, 11) is -1.42. The van der Waals surface area contributed by atoms with Gasteiger partial charge in [0.2, 0.25) is 0 Å². The van der Waals surface area contributed by atoms with Gasteiger partial charge in [-0.05, 0) is 33.3 Å². The molecule has 0 N–H and O–H groups in total. The highest BCUT2D eigenvalue weighted by molar-refractivity contribution is 7.85. The molecule has 0 bridgehead atoms. The standard InChI is InChI=1S/C14H19N3O5S/c1-14(2,3)22-13(18)16-7-6-11(9-16)23(21)12-5-4-10(8-15-12)17(19)20/h4-5,8,11H,6-7,9H2,1-3H3/t11-,23-/m0/s1. The van der Waals surface area contributed by atoms with Crippen molar-refractivity contribution < 1.29 is 18.7 Å². The minimum Gasteiger partial charge on any atom is -0.444 e. The first-order chi connectivity index (χ1) is 10.7. The summed E-state index contributed by atoms with van der Waals surface area (Å²) in [5.74, 6) is 0. The topological polar surface area (TPSA) is 103 Å². The SMILES string of the molecule is CC(C)(C)OC(=O)N1CC[C@H]([S@](=O)c2ccc([N+](=O)[O-])cn2)C1. The number of hydrogen-bond acceptors (Lipinski definition) is 6. The number of pyridine rings is 1. The normalized spacial score (nSPS) is 19.4. The van der Waals surface area contributed by atoms with Crippen molar-refractivity contribution in [2.75, 3.05) is 13.1 Å². The predicted molar refractivity (Wildman–Crippen MR) is 83.5 cm³/mol. The zero-order valence-corrected chi connectivity index (χ0v) is 14.0. The Morgan fingerprint density at radius 3 is 2.70 bits per heavy atom. The van der Waals surface area contributed by atoms with Crippen LogP contribution >= 0.6 is 0 Å². The molecule has 1 saturated heterocycles. The van der Waals surface area contributed by atoms with Crippen LogP contribution in [0.1, 0.15) is 27.2 Å². The molecule has 0 spiro atoms. The lowest BCUT2D eigenvalue weighted by molar-refractivity contribution is -0.385. The van der Waals surface area contributed by atoms with Crippen LogP contribution in [0.25, 0.3) is 0 Å². The Bertz CT molecular complexity index is 626. The summed E-state index contributed by atoms with van der Waals surface area (Å²) < 4.78 is 17.8. The molecule has 8 nitrogen and oxygen atoms in total. The fraction of sp³-hybridized carbons (Fsp3) is 0.571. The van der Waals surface area contributed by atoms with Gasteiger partial charge in [-0.3, -0.25) is 14.3 Å². The molecule has 1 aromatic rings. The van der Waals surface area contributed by atoms with Crippen LogP contribution in [0.15, 0.2) is 23.4 Å². The molecule has 0 radical (unpaired) electrons. The smallest absolute Gasteiger partial charge is 0.410 e. The van der Waals surface area contributed by atoms with Crippen LogP contribution in [0, 0.1) is 10.1 Å². The van der Waals surface area contributed by atoms with Crippen molar-refractivity contribution in [3.8, 4) is 0 Å². The number of ether oxygens (including phenoxy) is 1. The summed E-state index contributed by atoms with van der Waals surface area (Å²) in [6.07, 6.45) is 1.24. The van der Waals surface area contributed by atoms with Crippen LogP contribution in [-0.2, 0) is 15.5 Å². The Kier molecular flexibility index (Phi) is 4.98. The third-order valence-corrected chi connectivity index (χ3v) is 4.88. The van der Waals surface area contributed by atoms with Crippen molar-refractivity contribution in [2.24, 2.45) is 0 Å². The van der Waals surface area contributed by atoms with E-state index in [0.717, 1.165) is 6.20 Å². The molecule has 1 fully saturated rings. The zero-order valence-electron chi connectivity index (χ0n) is 13.2. The lowest BCUT2D eigenvalue weighted by Gasteiger charge is -2.24. The lowest BCUT2D eigenvalue weighted by atomic mass is 10.2. The van der Waals surface area contributed by atoms with Crippen molar-refractivity contribution >= 4 is 22.6 Å². The average Bonchev–Trinajstić information content (AvgIpc) is 2.94. The summed E-state index contributed by atoms with van der Waals surface area (Å²) >= 11 is 0. The third kappa shape index (κ3) is 4.47. The maximum absolute atomic E-state index is 12.5. The van der Waals surface area contributed by atoms with E-state index >= 15 is 0 Å². The first kappa shape index (κ1) is 17.3. The summed E-state index contributed by atoms with van der Waals surface area (Å²) in [5, 5.41) is 10.6. The summed E-state index contributed by atoms with van der Waals surface area (Å²) in [6, 6.07) is 2.67. The second-order valence-electron chi connectivity index (χ2n) is 6.25. The van der Waals surface area contributed by atoms with E-state index in [9.17, 15) is 19.1 Å². The van der Waals surface area contributed by atoms with Crippen LogP contribution < -0.4 is 0 Å². The molecule has 23 heavy (non-hydrogen) atoms. The van der Waals surface area contributed by atoms with Gasteiger partial charge < -0.3 is 9.64 Å². The Hall–Kier alpha value is -2.03. The molecule has 2 rings (SSSR count). The monoisotopic (exact) mass is 341 g/mol. The highest BCUT2D eigenvalue weighted by Gasteiger charge is 2.33. The molecule has 0 aliphatic carbocycles. The number of carbonyl (C=O) groups is 1. The summed E-state index contributed by atoms with van der Waals surface area (Å²) in [4.78, 5) is 27.5. The molecule has 2 heterocycles. The van der Waals surface area contributed by atoms with Gasteiger partial charge >= 0.3 is 6.09 Å². The van der Waals surface area contributed by atoms with Crippen LogP contribution in [0.3, 0.4) is 0 Å². The quantitative estimate of drug-likeness (QED) is 0.616. The number of likely N-dealkylation sites (tertiary alicyclic amines) is 1. The minimum absolute atomic E-state index is 0.146. The Morgan fingerprint density at radius 1 is 1.48 bits per heavy atom. The van der Waals surface area contributed by atoms with Gasteiger partial charge in [0.15, 0.2) is 0 Å². The zero-order chi connectivity index (χ0) is 17.2. The van der Waals surface area contributed by atoms with E-state index in [2.05, 4.69) is 4.98 Å². The molecule has 2 atom stereocenters. The summed E-state index contributed by atoms with van der Waals surface area (Å²) in [5.41, 5.74) is -0.721. The van der Waals surface area contributed by atoms with Gasteiger partial charge in [-0.1, -0.05) is 0 Å². The number of carbonyl (C=O) groups excluding carboxylic acids is 1. The molecule has 126 valence electrons. The largest absolute Gasteiger partial charge is 0.444 e. The number of rotatable bonds is 3. The van der Waals surface area contributed by atoms with Gasteiger partial charge in [0, 0.05) is 19.2 Å². The molecule has 1 amide bonds. The number of nitro groups is 1. The van der Waals surface area contributed by atoms with E-state index in [0.29, 0.717) is 19.5 Å². The second kappa shape index (κ2) is 6.61. The number of amides is 1. The first-order valence-corrected chi connectivity index (χ1v) is 8.37. The maximum atomic E-state index is 12.5. The molecule has 0 unspecified atom stereocenters. The van der Waals surface area contributed by atoms with E-state index in [1.807, 2.05) is 0 Å². The van der Waals surface area contributed by atoms with Crippen LogP contribution in [0.5, 0.6) is 0 Å². The highest BCUT2D eigenvalue weighted by atomic mass is 32.2. The van der Waals surface area contributed by atoms with Crippen molar-refractivity contribution in [3.05, 3.63) is 28.4 Å². The van der Waals surface area contributed by atoms with Crippen LogP contribution in [0.2, 0.25) is 0 Å². The molecule has 1 aliphatic rings. The molecular formula is C14H19N3O5S. The Balaban J connectivity index is 1.99. The molecular weight excluding hydrogens is 322 g/mol. The van der Waals surface area contributed by atoms with Gasteiger partial charge in [0.05, 0.1) is 21.0 Å². The predicted octanol–water partition coefficient (Wildman–Crippen LogP) is 2.11. The highest BCUT2D eigenvalue weighted by Crippen LogP contribution is 2.22. The fourth-order valence-corrected chi connectivity index (χ4v) is 3.50. The van der Waals surface area contributed by atoms with E-state index in [1.165, 1.54) is 17.0 Å². The van der Waals surface area contributed by atoms with E-state index in [-0.39, 0.29) is 16.0 Å². The van der Waals surface area contributed by atoms with Crippen molar-refractivity contribution in [3.63, 3.8) is 0 Å². The number of nitrogens with zero attached hydrogens (tertiary/aromatic N) is 3. The van der Waals surface area contributed by atoms with Gasteiger partial charge in [0.25, 0.3) is 5.69 Å². The van der Waals surface area contributed by atoms with Gasteiger partial charge in [-0.25, -0.2) is 9.78 Å². The number of aromatic nitrogens is 1. The lowest BCUT2D eigenvalue weighted by Crippen LogP contribution is -2.36. The minimum atomic E-state index is -1.42. The van der Waals surface area contributed by atoms with Gasteiger partial charge in [-0.15, -0.1) is 0 Å². The van der Waals surface area contributed by atoms with E-state index in [1.54, 1.807) is 20.8 Å². The third-order valence-electron chi connectivity index (χ3n) is 3.24. The molecule has 0 aromatic carbocycles. The Morgan fingerprint density at radius 2 is 2.17 bits per heavy atom. The molecule has 9 heteroatoms. The van der Waals surface area contributed by atoms with Crippen LogP contribution in [-0.4, -0.2) is 49.0 Å². The molecule has 1 aliphatic heterocycles. The average molecular weight is 341 g/mol. The van der Waals surface area contributed by atoms with Crippen molar-refractivity contribution in [2.45, 2.75) is 43.1 Å². The maximum Gasteiger partial charge on any atom is 0.410 e. The van der Waals surface area contributed by atoms with Crippen molar-refractivity contribution in [1.82, 2.24) is 9.88 Å². The molecule has 1 aromatic heterocycles. The van der Waals surface area contributed by atoms with Crippen molar-refractivity contribution in [1.29, 1.82) is 0 Å². The van der Waals surface area contributed by atoms with E-state index in [4.69, 9.17) is 4.74 Å². The summed E-state index contributed by atoms with van der Waals surface area (Å²) in [6.45, 7) is 6.16. The Labute approximate surface area is 136 Å². The van der Waals surface area contributed by atoms with Gasteiger partial charge in [-0.2, -0.15) is 0 Å². The first-order valence-electron chi connectivity index (χ1n) is 7.16. The number of hydrogen-bond donors (Lipinski definition) is 0. The second-order valence-corrected chi connectivity index (χ2v) is 7.93. The molecule has 0 saturated carbocycles.